The number of carbonyl (C=O) groups excluding carboxylic acids is 1. The molecule has 0 amide bonds. The van der Waals surface area contributed by atoms with Gasteiger partial charge in [0.05, 0.1) is 12.8 Å². The van der Waals surface area contributed by atoms with Crippen LogP contribution in [0.3, 0.4) is 0 Å². The fraction of sp³-hybridized carbons (Fsp3) is 0.0909. The number of phenols is 1. The number of benzene rings is 1. The van der Waals surface area contributed by atoms with E-state index < -0.39 is 11.8 Å². The van der Waals surface area contributed by atoms with Crippen LogP contribution in [-0.2, 0) is 4.74 Å². The Hall–Kier alpha value is -3.08. The molecule has 8 heteroatoms. The molecule has 0 aliphatic heterocycles. The number of nitrogens with one attached hydrogen (secondary N) is 2. The Labute approximate surface area is 108 Å². The smallest absolute Gasteiger partial charge is 0.341 e. The van der Waals surface area contributed by atoms with E-state index in [9.17, 15) is 9.90 Å². The highest BCUT2D eigenvalue weighted by Gasteiger charge is 2.14. The summed E-state index contributed by atoms with van der Waals surface area (Å²) in [6.45, 7) is 0. The molecule has 8 nitrogen and oxygen atoms in total. The molecule has 0 spiro atoms. The van der Waals surface area contributed by atoms with Crippen molar-refractivity contribution in [3.63, 3.8) is 0 Å². The van der Waals surface area contributed by atoms with Crippen LogP contribution < -0.4 is 11.2 Å². The van der Waals surface area contributed by atoms with Gasteiger partial charge in [0, 0.05) is 0 Å². The average Bonchev–Trinajstić information content (AvgIpc) is 2.40. The summed E-state index contributed by atoms with van der Waals surface area (Å²) in [6.07, 6.45) is 0. The van der Waals surface area contributed by atoms with E-state index >= 15 is 0 Å². The van der Waals surface area contributed by atoms with Crippen LogP contribution in [0.2, 0.25) is 0 Å². The zero-order chi connectivity index (χ0) is 14.4. The van der Waals surface area contributed by atoms with Crippen molar-refractivity contribution in [3.8, 4) is 11.8 Å². The van der Waals surface area contributed by atoms with Crippen molar-refractivity contribution in [2.45, 2.75) is 0 Å². The average molecular weight is 261 g/mol. The number of phenolic OH excluding ortho intramolecular Hbond substituents is 1. The number of aromatic hydroxyl groups is 1. The van der Waals surface area contributed by atoms with Gasteiger partial charge in [-0.1, -0.05) is 6.07 Å². The molecule has 0 bridgehead atoms. The third-order valence-corrected chi connectivity index (χ3v) is 2.09. The molecule has 0 saturated heterocycles. The first-order chi connectivity index (χ1) is 9.01. The third kappa shape index (κ3) is 3.19. The number of nitrogens with zero attached hydrogens (tertiary/aromatic N) is 2. The number of hydrogen-bond donors (Lipinski definition) is 4. The summed E-state index contributed by atoms with van der Waals surface area (Å²) in [5.41, 5.74) is 7.14. The number of ether oxygens (including phenoxy) is 1. The first-order valence-corrected chi connectivity index (χ1v) is 4.99. The highest BCUT2D eigenvalue weighted by atomic mass is 16.5. The predicted molar refractivity (Wildman–Crippen MR) is 68.0 cm³/mol. The Bertz CT molecular complexity index is 588. The van der Waals surface area contributed by atoms with Crippen LogP contribution in [0.5, 0.6) is 5.75 Å². The van der Waals surface area contributed by atoms with E-state index in [4.69, 9.17) is 16.4 Å². The molecule has 0 aliphatic rings. The number of nitriles is 1. The minimum atomic E-state index is -0.711. The minimum Gasteiger partial charge on any atom is -0.505 e. The van der Waals surface area contributed by atoms with E-state index in [1.54, 1.807) is 6.07 Å². The molecule has 98 valence electrons. The molecule has 0 saturated carbocycles. The van der Waals surface area contributed by atoms with E-state index in [1.165, 1.54) is 25.3 Å². The normalized spacial score (nSPS) is 10.4. The van der Waals surface area contributed by atoms with Gasteiger partial charge in [-0.15, -0.1) is 0 Å². The molecule has 0 aromatic heterocycles. The highest BCUT2D eigenvalue weighted by molar-refractivity contribution is 6.45. The summed E-state index contributed by atoms with van der Waals surface area (Å²) in [5, 5.41) is 29.1. The largest absolute Gasteiger partial charge is 0.505 e. The van der Waals surface area contributed by atoms with Gasteiger partial charge < -0.3 is 15.6 Å². The van der Waals surface area contributed by atoms with Crippen molar-refractivity contribution >= 4 is 23.2 Å². The second-order valence-corrected chi connectivity index (χ2v) is 3.29. The lowest BCUT2D eigenvalue weighted by molar-refractivity contribution is 0.0597. The third-order valence-electron chi connectivity index (χ3n) is 2.09. The molecule has 0 heterocycles. The molecule has 1 rings (SSSR count). The van der Waals surface area contributed by atoms with Crippen molar-refractivity contribution in [2.24, 2.45) is 10.8 Å². The SMILES string of the molecule is COC(=O)c1cccc(N/N=C(\C#N)C(=N)N)c1O. The van der Waals surface area contributed by atoms with Crippen LogP contribution >= 0.6 is 0 Å². The molecule has 19 heavy (non-hydrogen) atoms. The molecule has 1 aromatic carbocycles. The molecule has 0 radical (unpaired) electrons. The van der Waals surface area contributed by atoms with Gasteiger partial charge in [0.15, 0.2) is 11.6 Å². The van der Waals surface area contributed by atoms with Crippen molar-refractivity contribution in [2.75, 3.05) is 12.5 Å². The van der Waals surface area contributed by atoms with Crippen LogP contribution in [0.15, 0.2) is 23.3 Å². The van der Waals surface area contributed by atoms with Crippen LogP contribution in [-0.4, -0.2) is 29.7 Å². The first kappa shape index (κ1) is 14.0. The second-order valence-electron chi connectivity index (χ2n) is 3.29. The molecule has 0 fully saturated rings. The number of para-hydroxylation sites is 1. The maximum absolute atomic E-state index is 11.3. The van der Waals surface area contributed by atoms with Gasteiger partial charge in [-0.25, -0.2) is 4.79 Å². The zero-order valence-electron chi connectivity index (χ0n) is 9.97. The Morgan fingerprint density at radius 2 is 2.32 bits per heavy atom. The molecular formula is C11H11N5O3. The van der Waals surface area contributed by atoms with E-state index in [1.807, 2.05) is 0 Å². The number of esters is 1. The fourth-order valence-corrected chi connectivity index (χ4v) is 1.17. The van der Waals surface area contributed by atoms with Gasteiger partial charge >= 0.3 is 5.97 Å². The molecule has 0 atom stereocenters. The molecular weight excluding hydrogens is 250 g/mol. The first-order valence-electron chi connectivity index (χ1n) is 4.99. The number of rotatable bonds is 4. The lowest BCUT2D eigenvalue weighted by Crippen LogP contribution is -2.21. The Balaban J connectivity index is 3.07. The summed E-state index contributed by atoms with van der Waals surface area (Å²) < 4.78 is 4.49. The molecule has 5 N–H and O–H groups in total. The van der Waals surface area contributed by atoms with Gasteiger partial charge in [0.25, 0.3) is 0 Å². The van der Waals surface area contributed by atoms with E-state index in [2.05, 4.69) is 15.3 Å². The zero-order valence-corrected chi connectivity index (χ0v) is 9.97. The number of hydrazone groups is 1. The lowest BCUT2D eigenvalue weighted by atomic mass is 10.2. The van der Waals surface area contributed by atoms with Crippen molar-refractivity contribution in [1.29, 1.82) is 10.7 Å². The van der Waals surface area contributed by atoms with Gasteiger partial charge in [-0.3, -0.25) is 10.8 Å². The maximum atomic E-state index is 11.3. The van der Waals surface area contributed by atoms with Gasteiger partial charge in [0.1, 0.15) is 11.6 Å². The maximum Gasteiger partial charge on any atom is 0.341 e. The van der Waals surface area contributed by atoms with Crippen molar-refractivity contribution in [1.82, 2.24) is 0 Å². The van der Waals surface area contributed by atoms with E-state index in [0.717, 1.165) is 0 Å². The summed E-state index contributed by atoms with van der Waals surface area (Å²) >= 11 is 0. The predicted octanol–water partition coefficient (Wildman–Crippen LogP) is 0.406. The van der Waals surface area contributed by atoms with Crippen LogP contribution in [0.4, 0.5) is 5.69 Å². The highest BCUT2D eigenvalue weighted by Crippen LogP contribution is 2.27. The topological polar surface area (TPSA) is 145 Å². The summed E-state index contributed by atoms with van der Waals surface area (Å²) in [7, 11) is 1.18. The second kappa shape index (κ2) is 6.02. The molecule has 1 aromatic rings. The van der Waals surface area contributed by atoms with Crippen LogP contribution in [0, 0.1) is 16.7 Å². The molecule has 0 unspecified atom stereocenters. The van der Waals surface area contributed by atoms with E-state index in [-0.39, 0.29) is 22.7 Å². The number of amidine groups is 1. The molecule has 0 aliphatic carbocycles. The number of anilines is 1. The standard InChI is InChI=1S/C11H11N5O3/c1-19-11(18)6-3-2-4-7(9(6)17)15-16-8(5-12)10(13)14/h2-4,15,17H,1H3,(H3,13,14)/b16-8+. The van der Waals surface area contributed by atoms with Crippen molar-refractivity contribution in [3.05, 3.63) is 23.8 Å². The van der Waals surface area contributed by atoms with Crippen molar-refractivity contribution < 1.29 is 14.6 Å². The number of hydrogen-bond acceptors (Lipinski definition) is 7. The monoisotopic (exact) mass is 261 g/mol. The Morgan fingerprint density at radius 1 is 1.63 bits per heavy atom. The van der Waals surface area contributed by atoms with Crippen LogP contribution in [0.1, 0.15) is 10.4 Å². The van der Waals surface area contributed by atoms with Gasteiger partial charge in [0.2, 0.25) is 5.71 Å². The van der Waals surface area contributed by atoms with Gasteiger partial charge in [-0.05, 0) is 12.1 Å². The summed E-state index contributed by atoms with van der Waals surface area (Å²) in [4.78, 5) is 11.3. The number of nitrogens with two attached hydrogens (primary N) is 1. The minimum absolute atomic E-state index is 0.0518. The summed E-state index contributed by atoms with van der Waals surface area (Å²) in [6, 6.07) is 5.89. The Morgan fingerprint density at radius 3 is 2.84 bits per heavy atom. The number of carbonyl (C=O) groups is 1. The van der Waals surface area contributed by atoms with Crippen LogP contribution in [0.25, 0.3) is 0 Å². The van der Waals surface area contributed by atoms with E-state index in [0.29, 0.717) is 0 Å². The fourth-order valence-electron chi connectivity index (χ4n) is 1.17. The lowest BCUT2D eigenvalue weighted by Gasteiger charge is -2.07. The summed E-state index contributed by atoms with van der Waals surface area (Å²) in [5.74, 6) is -1.60. The van der Waals surface area contributed by atoms with Gasteiger partial charge in [-0.2, -0.15) is 10.4 Å². The Kier molecular flexibility index (Phi) is 4.43. The number of methoxy groups -OCH3 is 1. The quantitative estimate of drug-likeness (QED) is 0.203.